The molecule has 1 aromatic rings. The number of carbonyl (C=O) groups is 3. The van der Waals surface area contributed by atoms with Crippen molar-refractivity contribution >= 4 is 23.2 Å². The van der Waals surface area contributed by atoms with E-state index in [0.717, 1.165) is 29.9 Å². The number of hydrogen-bond donors (Lipinski definition) is 1. The van der Waals surface area contributed by atoms with E-state index >= 15 is 0 Å². The van der Waals surface area contributed by atoms with Crippen molar-refractivity contribution in [3.05, 3.63) is 53.9 Å². The molecule has 0 spiro atoms. The lowest BCUT2D eigenvalue weighted by Crippen LogP contribution is -2.40. The van der Waals surface area contributed by atoms with Gasteiger partial charge in [0.2, 0.25) is 0 Å². The Labute approximate surface area is 173 Å². The van der Waals surface area contributed by atoms with E-state index in [2.05, 4.69) is 25.4 Å². The first-order chi connectivity index (χ1) is 13.7. The highest BCUT2D eigenvalue weighted by molar-refractivity contribution is 6.12. The van der Waals surface area contributed by atoms with E-state index in [1.165, 1.54) is 18.7 Å². The largest absolute Gasteiger partial charge is 0.372 e. The number of hydrogen-bond acceptors (Lipinski definition) is 5. The molecular formula is C23H31N3O3. The minimum absolute atomic E-state index is 0.00794. The van der Waals surface area contributed by atoms with E-state index in [0.29, 0.717) is 24.2 Å². The number of Topliss-reactive ketones (excluding diaryl/α,β-unsaturated/α-hetero) is 2. The molecule has 1 amide bonds. The zero-order chi connectivity index (χ0) is 21.7. The number of carbonyl (C=O) groups excluding carboxylic acids is 3. The summed E-state index contributed by atoms with van der Waals surface area (Å²) in [5.41, 5.74) is 2.68. The average molecular weight is 398 g/mol. The molecule has 1 atom stereocenters. The van der Waals surface area contributed by atoms with Gasteiger partial charge in [-0.05, 0) is 32.3 Å². The summed E-state index contributed by atoms with van der Waals surface area (Å²) in [5, 5.41) is 3.25. The van der Waals surface area contributed by atoms with E-state index < -0.39 is 6.04 Å². The third-order valence-corrected chi connectivity index (χ3v) is 5.18. The van der Waals surface area contributed by atoms with Crippen molar-refractivity contribution in [2.45, 2.75) is 52.6 Å². The molecule has 6 heteroatoms. The minimum Gasteiger partial charge on any atom is -0.372 e. The summed E-state index contributed by atoms with van der Waals surface area (Å²) in [6.07, 6.45) is 1.54. The molecule has 2 rings (SSSR count). The van der Waals surface area contributed by atoms with Crippen LogP contribution in [0.4, 0.5) is 0 Å². The second kappa shape index (κ2) is 9.54. The topological polar surface area (TPSA) is 69.7 Å². The zero-order valence-electron chi connectivity index (χ0n) is 17.9. The van der Waals surface area contributed by atoms with Gasteiger partial charge in [-0.2, -0.15) is 0 Å². The predicted octanol–water partition coefficient (Wildman–Crippen LogP) is 3.34. The molecule has 1 aromatic carbocycles. The van der Waals surface area contributed by atoms with Gasteiger partial charge in [-0.1, -0.05) is 38.3 Å². The lowest BCUT2D eigenvalue weighted by molar-refractivity contribution is -0.121. The van der Waals surface area contributed by atoms with Crippen LogP contribution in [0.1, 0.15) is 61.5 Å². The van der Waals surface area contributed by atoms with E-state index in [9.17, 15) is 14.4 Å². The van der Waals surface area contributed by atoms with E-state index in [1.807, 2.05) is 30.1 Å². The van der Waals surface area contributed by atoms with Crippen molar-refractivity contribution in [2.75, 3.05) is 13.6 Å². The first-order valence-electron chi connectivity index (χ1n) is 9.97. The molecule has 0 aromatic heterocycles. The number of benzene rings is 1. The van der Waals surface area contributed by atoms with Crippen LogP contribution in [-0.2, 0) is 16.1 Å². The highest BCUT2D eigenvalue weighted by Gasteiger charge is 2.39. The number of nitrogens with one attached hydrogen (secondary N) is 1. The smallest absolute Gasteiger partial charge is 0.259 e. The van der Waals surface area contributed by atoms with Crippen LogP contribution >= 0.6 is 0 Å². The lowest BCUT2D eigenvalue weighted by atomic mass is 10.0. The van der Waals surface area contributed by atoms with Gasteiger partial charge in [0.05, 0.1) is 17.4 Å². The van der Waals surface area contributed by atoms with Crippen LogP contribution in [0.5, 0.6) is 0 Å². The Morgan fingerprint density at radius 1 is 1.28 bits per heavy atom. The van der Waals surface area contributed by atoms with Gasteiger partial charge in [-0.15, -0.1) is 0 Å². The molecule has 0 fully saturated rings. The summed E-state index contributed by atoms with van der Waals surface area (Å²) < 4.78 is 0. The first kappa shape index (κ1) is 22.4. The average Bonchev–Trinajstić information content (AvgIpc) is 2.91. The van der Waals surface area contributed by atoms with Crippen LogP contribution in [0.15, 0.2) is 37.2 Å². The van der Waals surface area contributed by atoms with Crippen molar-refractivity contribution < 1.29 is 14.4 Å². The van der Waals surface area contributed by atoms with Crippen LogP contribution in [-0.4, -0.2) is 46.9 Å². The molecular weight excluding hydrogens is 366 g/mol. The fourth-order valence-electron chi connectivity index (χ4n) is 3.54. The fourth-order valence-corrected chi connectivity index (χ4v) is 3.54. The number of fused-ring (bicyclic) bond motifs is 1. The number of amides is 1. The van der Waals surface area contributed by atoms with Gasteiger partial charge in [-0.3, -0.25) is 14.5 Å². The van der Waals surface area contributed by atoms with Crippen LogP contribution in [0.3, 0.4) is 0 Å². The second-order valence-corrected chi connectivity index (χ2v) is 7.56. The summed E-state index contributed by atoms with van der Waals surface area (Å²) in [6.45, 7) is 14.5. The maximum absolute atomic E-state index is 13.3. The van der Waals surface area contributed by atoms with Gasteiger partial charge in [0.25, 0.3) is 5.91 Å². The molecule has 6 nitrogen and oxygen atoms in total. The van der Waals surface area contributed by atoms with Crippen LogP contribution < -0.4 is 5.32 Å². The van der Waals surface area contributed by atoms with Crippen molar-refractivity contribution in [3.63, 3.8) is 0 Å². The molecule has 156 valence electrons. The maximum atomic E-state index is 13.3. The molecule has 1 aliphatic rings. The van der Waals surface area contributed by atoms with Crippen molar-refractivity contribution in [3.8, 4) is 0 Å². The first-order valence-corrected chi connectivity index (χ1v) is 9.97. The number of ketones is 2. The van der Waals surface area contributed by atoms with E-state index in [1.54, 1.807) is 0 Å². The van der Waals surface area contributed by atoms with Crippen molar-refractivity contribution in [2.24, 2.45) is 0 Å². The Bertz CT molecular complexity index is 844. The van der Waals surface area contributed by atoms with Crippen LogP contribution in [0, 0.1) is 0 Å². The quantitative estimate of drug-likeness (QED) is 0.620. The van der Waals surface area contributed by atoms with Crippen molar-refractivity contribution in [1.29, 1.82) is 0 Å². The Morgan fingerprint density at radius 2 is 1.97 bits per heavy atom. The van der Waals surface area contributed by atoms with Crippen molar-refractivity contribution in [1.82, 2.24) is 15.1 Å². The van der Waals surface area contributed by atoms with Crippen LogP contribution in [0.25, 0.3) is 5.70 Å². The monoisotopic (exact) mass is 397 g/mol. The second-order valence-electron chi connectivity index (χ2n) is 7.56. The van der Waals surface area contributed by atoms with E-state index in [4.69, 9.17) is 0 Å². The molecule has 0 radical (unpaired) electrons. The van der Waals surface area contributed by atoms with Gasteiger partial charge in [0.1, 0.15) is 5.78 Å². The standard InChI is InChI=1S/C23H31N3O3/c1-7-13-24-18(5)25(6)14-19-9-8-10-20-16(3)26(23(29)22(19)20)21(17(4)28)12-11-15(2)27/h8-10,21,24H,3,5,7,11-14H2,1-2,4,6H3. The molecule has 0 aliphatic carbocycles. The lowest BCUT2D eigenvalue weighted by Gasteiger charge is -2.26. The maximum Gasteiger partial charge on any atom is 0.259 e. The molecule has 1 heterocycles. The minimum atomic E-state index is -0.682. The summed E-state index contributed by atoms with van der Waals surface area (Å²) in [5.74, 6) is 0.398. The summed E-state index contributed by atoms with van der Waals surface area (Å²) in [4.78, 5) is 40.4. The highest BCUT2D eigenvalue weighted by atomic mass is 16.2. The van der Waals surface area contributed by atoms with Gasteiger partial charge in [0.15, 0.2) is 5.78 Å². The van der Waals surface area contributed by atoms with Gasteiger partial charge in [-0.25, -0.2) is 0 Å². The van der Waals surface area contributed by atoms with Crippen LogP contribution in [0.2, 0.25) is 0 Å². The molecule has 1 aliphatic heterocycles. The summed E-state index contributed by atoms with van der Waals surface area (Å²) in [7, 11) is 1.92. The predicted molar refractivity (Wildman–Crippen MR) is 115 cm³/mol. The van der Waals surface area contributed by atoms with Gasteiger partial charge < -0.3 is 15.0 Å². The van der Waals surface area contributed by atoms with Gasteiger partial charge in [0, 0.05) is 37.8 Å². The summed E-state index contributed by atoms with van der Waals surface area (Å²) >= 11 is 0. The zero-order valence-corrected chi connectivity index (χ0v) is 17.9. The molecule has 0 saturated carbocycles. The van der Waals surface area contributed by atoms with E-state index in [-0.39, 0.29) is 23.9 Å². The third kappa shape index (κ3) is 4.94. The van der Waals surface area contributed by atoms with Gasteiger partial charge >= 0.3 is 0 Å². The number of rotatable bonds is 11. The number of nitrogens with zero attached hydrogens (tertiary/aromatic N) is 2. The fraction of sp³-hybridized carbons (Fsp3) is 0.435. The Hall–Kier alpha value is -2.89. The SMILES string of the molecule is C=C(NCCC)N(C)Cc1cccc2c1C(=O)N(C(CCC(C)=O)C(C)=O)C2=C. The normalized spacial score (nSPS) is 13.9. The molecule has 1 unspecified atom stereocenters. The third-order valence-electron chi connectivity index (χ3n) is 5.18. The Balaban J connectivity index is 2.31. The molecule has 0 bridgehead atoms. The molecule has 1 N–H and O–H groups in total. The molecule has 29 heavy (non-hydrogen) atoms. The highest BCUT2D eigenvalue weighted by Crippen LogP contribution is 2.36. The Morgan fingerprint density at radius 3 is 2.55 bits per heavy atom. The summed E-state index contributed by atoms with van der Waals surface area (Å²) in [6, 6.07) is 4.98. The Kier molecular flexibility index (Phi) is 7.37. The molecule has 0 saturated heterocycles.